The Balaban J connectivity index is -0.000000420. The Kier molecular flexibility index (Phi) is 18.9. The molecule has 2 aromatic carbocycles. The molecule has 33 heavy (non-hydrogen) atoms. The third-order valence-electron chi connectivity index (χ3n) is 2.88. The zero-order chi connectivity index (χ0) is 25.8. The number of carbonyl (C=O) groups is 3. The standard InChI is InChI=1S/C9H10ClN3O.C7H4Cl2O.C2H7N3.CH2O3.H2/c10-7-3-1-6(2-4-7)9(14)13-5-8(11)12;8-6-3-1-5(2-4-6)7(9)10;3-1-2(4)5;2-1-4-3;/h1-4H,5H2,(H3,11,12)(H,13,14);1-4H;1,3H2,(H3,4,5);1,3H;1H. The minimum Gasteiger partial charge on any atom is -0.387 e. The summed E-state index contributed by atoms with van der Waals surface area (Å²) in [5, 5.41) is 23.5. The van der Waals surface area contributed by atoms with E-state index in [-0.39, 0.29) is 38.6 Å². The number of nitrogens with two attached hydrogens (primary N) is 3. The number of amidine groups is 2. The average Bonchev–Trinajstić information content (AvgIpc) is 2.79. The fraction of sp³-hybridized carbons (Fsp3) is 0.105. The van der Waals surface area contributed by atoms with E-state index in [0.29, 0.717) is 21.2 Å². The Bertz CT molecular complexity index is 902. The molecule has 0 fully saturated rings. The van der Waals surface area contributed by atoms with Crippen molar-refractivity contribution in [1.82, 2.24) is 5.32 Å². The van der Waals surface area contributed by atoms with Crippen LogP contribution in [0.1, 0.15) is 22.1 Å². The number of benzene rings is 2. The van der Waals surface area contributed by atoms with E-state index in [1.54, 1.807) is 48.5 Å². The number of hydrogen-bond acceptors (Lipinski definition) is 8. The quantitative estimate of drug-likeness (QED) is 0.0742. The third-order valence-corrected chi connectivity index (χ3v) is 3.60. The van der Waals surface area contributed by atoms with E-state index in [2.05, 4.69) is 10.2 Å². The smallest absolute Gasteiger partial charge is 0.330 e. The van der Waals surface area contributed by atoms with Crippen molar-refractivity contribution in [3.63, 3.8) is 0 Å². The summed E-state index contributed by atoms with van der Waals surface area (Å²) < 4.78 is 0. The van der Waals surface area contributed by atoms with Crippen LogP contribution in [0, 0.1) is 10.8 Å². The minimum absolute atomic E-state index is 0. The van der Waals surface area contributed by atoms with E-state index < -0.39 is 5.24 Å². The van der Waals surface area contributed by atoms with Crippen molar-refractivity contribution in [2.24, 2.45) is 17.2 Å². The molecule has 11 nitrogen and oxygen atoms in total. The van der Waals surface area contributed by atoms with E-state index in [4.69, 9.17) is 72.9 Å². The van der Waals surface area contributed by atoms with Crippen LogP contribution in [0.2, 0.25) is 10.0 Å². The lowest BCUT2D eigenvalue weighted by atomic mass is 10.2. The van der Waals surface area contributed by atoms with Gasteiger partial charge in [-0.15, -0.1) is 0 Å². The van der Waals surface area contributed by atoms with Crippen LogP contribution < -0.4 is 22.5 Å². The van der Waals surface area contributed by atoms with E-state index >= 15 is 0 Å². The van der Waals surface area contributed by atoms with Gasteiger partial charge < -0.3 is 27.4 Å². The molecule has 2 rings (SSSR count). The van der Waals surface area contributed by atoms with Gasteiger partial charge in [-0.1, -0.05) is 23.2 Å². The first kappa shape index (κ1) is 32.0. The largest absolute Gasteiger partial charge is 0.387 e. The highest BCUT2D eigenvalue weighted by Gasteiger charge is 2.04. The molecule has 0 aliphatic rings. The molecule has 0 saturated carbocycles. The van der Waals surface area contributed by atoms with Crippen molar-refractivity contribution >= 4 is 64.1 Å². The second-order valence-electron chi connectivity index (χ2n) is 5.43. The third kappa shape index (κ3) is 19.2. The van der Waals surface area contributed by atoms with Crippen molar-refractivity contribution in [2.75, 3.05) is 13.1 Å². The highest BCUT2D eigenvalue weighted by molar-refractivity contribution is 6.67. The zero-order valence-corrected chi connectivity index (χ0v) is 19.3. The lowest BCUT2D eigenvalue weighted by Crippen LogP contribution is -2.32. The van der Waals surface area contributed by atoms with Gasteiger partial charge in [0.15, 0.2) is 0 Å². The molecule has 0 aliphatic carbocycles. The molecule has 0 aromatic heterocycles. The summed E-state index contributed by atoms with van der Waals surface area (Å²) in [6.45, 7) is 0.154. The Morgan fingerprint density at radius 2 is 1.33 bits per heavy atom. The van der Waals surface area contributed by atoms with Crippen molar-refractivity contribution in [1.29, 1.82) is 10.8 Å². The van der Waals surface area contributed by atoms with Crippen LogP contribution in [-0.4, -0.2) is 47.6 Å². The second kappa shape index (κ2) is 19.5. The van der Waals surface area contributed by atoms with Crippen LogP contribution in [0.25, 0.3) is 0 Å². The Hall–Kier alpha value is -3.22. The molecule has 2 aromatic rings. The summed E-state index contributed by atoms with van der Waals surface area (Å²) in [6.07, 6.45) is 0. The van der Waals surface area contributed by atoms with Crippen LogP contribution in [0.15, 0.2) is 48.5 Å². The lowest BCUT2D eigenvalue weighted by molar-refractivity contribution is -0.217. The molecule has 1 amide bonds. The maximum Gasteiger partial charge on any atom is 0.330 e. The number of nitrogens with one attached hydrogen (secondary N) is 3. The highest BCUT2D eigenvalue weighted by atomic mass is 35.5. The summed E-state index contributed by atoms with van der Waals surface area (Å²) in [4.78, 5) is 33.4. The molecule has 0 unspecified atom stereocenters. The van der Waals surface area contributed by atoms with Gasteiger partial charge in [-0.25, -0.2) is 5.26 Å². The van der Waals surface area contributed by atoms with Gasteiger partial charge in [-0.2, -0.15) is 0 Å². The maximum atomic E-state index is 11.4. The van der Waals surface area contributed by atoms with Gasteiger partial charge in [0.2, 0.25) is 0 Å². The van der Waals surface area contributed by atoms with Crippen molar-refractivity contribution < 1.29 is 26.0 Å². The number of hydrogen-bond donors (Lipinski definition) is 7. The molecule has 10 N–H and O–H groups in total. The first-order valence-electron chi connectivity index (χ1n) is 8.57. The number of rotatable bonds is 6. The molecule has 0 radical (unpaired) electrons. The first-order valence-corrected chi connectivity index (χ1v) is 9.70. The minimum atomic E-state index is -0.461. The number of carbonyl (C=O) groups excluding carboxylic acids is 3. The molecule has 14 heteroatoms. The van der Waals surface area contributed by atoms with Gasteiger partial charge in [0, 0.05) is 22.6 Å². The molecule has 0 bridgehead atoms. The lowest BCUT2D eigenvalue weighted by Gasteiger charge is -2.03. The van der Waals surface area contributed by atoms with Crippen LogP contribution in [0.4, 0.5) is 0 Å². The Morgan fingerprint density at radius 1 is 0.970 bits per heavy atom. The number of halogens is 3. The molecule has 0 heterocycles. The topological polar surface area (TPSA) is 218 Å². The van der Waals surface area contributed by atoms with Gasteiger partial charge in [-0.3, -0.25) is 25.2 Å². The summed E-state index contributed by atoms with van der Waals surface area (Å²) in [6, 6.07) is 12.9. The first-order chi connectivity index (χ1) is 15.5. The average molecular weight is 524 g/mol. The Labute approximate surface area is 206 Å². The van der Waals surface area contributed by atoms with E-state index in [1.165, 1.54) is 0 Å². The normalized spacial score (nSPS) is 8.64. The van der Waals surface area contributed by atoms with E-state index in [1.807, 2.05) is 0 Å². The summed E-state index contributed by atoms with van der Waals surface area (Å²) >= 11 is 16.4. The molecular weight excluding hydrogens is 499 g/mol. The molecule has 0 saturated heterocycles. The molecule has 0 spiro atoms. The van der Waals surface area contributed by atoms with Gasteiger partial charge in [0.1, 0.15) is 11.7 Å². The molecule has 182 valence electrons. The van der Waals surface area contributed by atoms with Crippen LogP contribution in [0.5, 0.6) is 0 Å². The fourth-order valence-electron chi connectivity index (χ4n) is 1.46. The Morgan fingerprint density at radius 3 is 1.61 bits per heavy atom. The van der Waals surface area contributed by atoms with Gasteiger partial charge in [-0.05, 0) is 60.1 Å². The maximum absolute atomic E-state index is 11.4. The fourth-order valence-corrected chi connectivity index (χ4v) is 1.84. The predicted octanol–water partition coefficient (Wildman–Crippen LogP) is 2.48. The molecule has 0 atom stereocenters. The summed E-state index contributed by atoms with van der Waals surface area (Å²) in [5.41, 5.74) is 15.6. The van der Waals surface area contributed by atoms with Crippen LogP contribution in [0.3, 0.4) is 0 Å². The van der Waals surface area contributed by atoms with E-state index in [9.17, 15) is 9.59 Å². The molecule has 0 aliphatic heterocycles. The van der Waals surface area contributed by atoms with Crippen molar-refractivity contribution in [3.8, 4) is 0 Å². The van der Waals surface area contributed by atoms with Crippen molar-refractivity contribution in [2.45, 2.75) is 0 Å². The predicted molar refractivity (Wildman–Crippen MR) is 130 cm³/mol. The molecular formula is C19H25Cl3N6O5. The zero-order valence-electron chi connectivity index (χ0n) is 17.1. The second-order valence-corrected chi connectivity index (χ2v) is 6.64. The van der Waals surface area contributed by atoms with Crippen LogP contribution >= 0.6 is 34.8 Å². The summed E-state index contributed by atoms with van der Waals surface area (Å²) in [5.74, 6) is -0.311. The van der Waals surface area contributed by atoms with Gasteiger partial charge >= 0.3 is 6.47 Å². The van der Waals surface area contributed by atoms with Crippen LogP contribution in [-0.2, 0) is 9.68 Å². The highest BCUT2D eigenvalue weighted by Crippen LogP contribution is 2.11. The SMILES string of the molecule is N=C(N)CN.N=C(N)CNC(=O)c1ccc(Cl)cc1.O=C(Cl)c1ccc(Cl)cc1.O=COO.[HH]. The van der Waals surface area contributed by atoms with Crippen molar-refractivity contribution in [3.05, 3.63) is 69.7 Å². The van der Waals surface area contributed by atoms with Gasteiger partial charge in [0.25, 0.3) is 11.1 Å². The van der Waals surface area contributed by atoms with E-state index in [0.717, 1.165) is 0 Å². The monoisotopic (exact) mass is 522 g/mol. The number of amides is 1. The summed E-state index contributed by atoms with van der Waals surface area (Å²) in [7, 11) is 0. The van der Waals surface area contributed by atoms with Gasteiger partial charge in [0.05, 0.1) is 13.1 Å².